The van der Waals surface area contributed by atoms with Crippen LogP contribution in [0.25, 0.3) is 0 Å². The lowest BCUT2D eigenvalue weighted by atomic mass is 10.2. The first kappa shape index (κ1) is 8.53. The van der Waals surface area contributed by atoms with E-state index in [9.17, 15) is 0 Å². The van der Waals surface area contributed by atoms with E-state index in [1.807, 2.05) is 6.07 Å². The fourth-order valence-electron chi connectivity index (χ4n) is 2.20. The molecule has 76 valence electrons. The molecule has 3 heteroatoms. The Bertz CT molecular complexity index is 809. The molecule has 4 rings (SSSR count). The summed E-state index contributed by atoms with van der Waals surface area (Å²) in [5, 5.41) is 4.67. The van der Waals surface area contributed by atoms with E-state index in [1.165, 1.54) is 15.3 Å². The second-order valence-electron chi connectivity index (χ2n) is 3.90. The van der Waals surface area contributed by atoms with Crippen LogP contribution in [0, 0.1) is 10.4 Å². The van der Waals surface area contributed by atoms with Crippen LogP contribution in [0.1, 0.15) is 0 Å². The van der Waals surface area contributed by atoms with Crippen molar-refractivity contribution in [2.24, 2.45) is 9.98 Å². The van der Waals surface area contributed by atoms with E-state index < -0.39 is 0 Å². The lowest BCUT2D eigenvalue weighted by molar-refractivity contribution is 1.20. The molecule has 0 fully saturated rings. The van der Waals surface area contributed by atoms with Gasteiger partial charge in [-0.1, -0.05) is 18.2 Å². The van der Waals surface area contributed by atoms with Crippen LogP contribution in [0.15, 0.2) is 51.3 Å². The molecule has 0 saturated carbocycles. The quantitative estimate of drug-likeness (QED) is 0.572. The number of hydrogen-bond donors (Lipinski definition) is 0. The van der Waals surface area contributed by atoms with Gasteiger partial charge in [0.2, 0.25) is 0 Å². The Hall–Kier alpha value is -1.61. The van der Waals surface area contributed by atoms with Crippen LogP contribution in [0.5, 0.6) is 0 Å². The summed E-state index contributed by atoms with van der Waals surface area (Å²) < 4.78 is 0. The Balaban J connectivity index is 2.28. The monoisotopic (exact) mass is 224 g/mol. The number of nitrogens with zero attached hydrogens (tertiary/aromatic N) is 2. The van der Waals surface area contributed by atoms with Crippen LogP contribution in [-0.4, -0.2) is 5.88 Å². The van der Waals surface area contributed by atoms with E-state index in [-0.39, 0.29) is 0 Å². The van der Waals surface area contributed by atoms with Crippen LogP contribution < -0.4 is 10.7 Å². The van der Waals surface area contributed by atoms with Gasteiger partial charge in [-0.2, -0.15) is 0 Å². The highest BCUT2D eigenvalue weighted by Crippen LogP contribution is 2.24. The average molecular weight is 224 g/mol. The van der Waals surface area contributed by atoms with Crippen LogP contribution in [0.4, 0.5) is 5.69 Å². The predicted octanol–water partition coefficient (Wildman–Crippen LogP) is 1.92. The molecule has 2 heterocycles. The average Bonchev–Trinajstić information content (AvgIpc) is 2.88. The van der Waals surface area contributed by atoms with Gasteiger partial charge in [-0.05, 0) is 18.2 Å². The Kier molecular flexibility index (Phi) is 1.57. The van der Waals surface area contributed by atoms with Crippen LogP contribution in [0.3, 0.4) is 0 Å². The van der Waals surface area contributed by atoms with Gasteiger partial charge in [-0.25, -0.2) is 4.99 Å². The maximum atomic E-state index is 4.62. The zero-order valence-electron chi connectivity index (χ0n) is 8.47. The topological polar surface area (TPSA) is 24.7 Å². The Labute approximate surface area is 96.1 Å². The maximum absolute atomic E-state index is 4.62. The van der Waals surface area contributed by atoms with E-state index in [0.717, 1.165) is 22.3 Å². The zero-order valence-corrected chi connectivity index (χ0v) is 9.29. The fraction of sp³-hybridized carbons (Fsp3) is 0.0769. The lowest BCUT2D eigenvalue weighted by Crippen LogP contribution is -1.98. The van der Waals surface area contributed by atoms with Crippen molar-refractivity contribution in [3.8, 4) is 0 Å². The van der Waals surface area contributed by atoms with Crippen molar-refractivity contribution in [3.63, 3.8) is 0 Å². The molecule has 0 amide bonds. The molecule has 2 nitrogen and oxygen atoms in total. The number of para-hydroxylation sites is 1. The first-order chi connectivity index (χ1) is 7.92. The number of fused-ring (bicyclic) bond motifs is 3. The minimum absolute atomic E-state index is 0.847. The molecular weight excluding hydrogens is 216 g/mol. The van der Waals surface area contributed by atoms with Gasteiger partial charge in [-0.3, -0.25) is 4.99 Å². The number of rotatable bonds is 0. The molecule has 2 aliphatic rings. The van der Waals surface area contributed by atoms with Crippen molar-refractivity contribution in [1.29, 1.82) is 0 Å². The Morgan fingerprint density at radius 2 is 1.94 bits per heavy atom. The normalized spacial score (nSPS) is 14.8. The van der Waals surface area contributed by atoms with Crippen molar-refractivity contribution < 1.29 is 0 Å². The minimum atomic E-state index is 0.847. The molecular formula is C13H8N2S. The molecule has 0 spiro atoms. The molecule has 0 atom stereocenters. The van der Waals surface area contributed by atoms with Crippen LogP contribution >= 0.6 is 11.8 Å². The standard InChI is InChI=1S/C13H8N2S/c1-2-4-10-8(3-1)9-5-13-12(14-7-16-13)6-11(9)15-10/h1-6H,7H2. The van der Waals surface area contributed by atoms with Crippen LogP contribution in [0.2, 0.25) is 0 Å². The predicted molar refractivity (Wildman–Crippen MR) is 63.3 cm³/mol. The minimum Gasteiger partial charge on any atom is -0.273 e. The molecule has 2 aromatic rings. The summed E-state index contributed by atoms with van der Waals surface area (Å²) in [7, 11) is 0. The van der Waals surface area contributed by atoms with Gasteiger partial charge < -0.3 is 0 Å². The van der Waals surface area contributed by atoms with E-state index >= 15 is 0 Å². The van der Waals surface area contributed by atoms with Gasteiger partial charge in [0.1, 0.15) is 0 Å². The summed E-state index contributed by atoms with van der Waals surface area (Å²) in [6.07, 6.45) is 0. The van der Waals surface area contributed by atoms with Crippen molar-refractivity contribution >= 4 is 17.4 Å². The third-order valence-electron chi connectivity index (χ3n) is 2.97. The van der Waals surface area contributed by atoms with E-state index in [0.29, 0.717) is 0 Å². The van der Waals surface area contributed by atoms with E-state index in [2.05, 4.69) is 40.3 Å². The van der Waals surface area contributed by atoms with Gasteiger partial charge >= 0.3 is 0 Å². The molecule has 0 unspecified atom stereocenters. The highest BCUT2D eigenvalue weighted by atomic mass is 32.2. The first-order valence-electron chi connectivity index (χ1n) is 5.21. The molecule has 2 aromatic carbocycles. The fourth-order valence-corrected chi connectivity index (χ4v) is 3.02. The van der Waals surface area contributed by atoms with Gasteiger partial charge in [-0.15, -0.1) is 11.8 Å². The summed E-state index contributed by atoms with van der Waals surface area (Å²) in [4.78, 5) is 10.3. The molecule has 16 heavy (non-hydrogen) atoms. The number of hydrogen-bond acceptors (Lipinski definition) is 3. The van der Waals surface area contributed by atoms with Crippen molar-refractivity contribution in [1.82, 2.24) is 0 Å². The molecule has 0 saturated heterocycles. The van der Waals surface area contributed by atoms with E-state index in [4.69, 9.17) is 0 Å². The zero-order chi connectivity index (χ0) is 10.5. The smallest absolute Gasteiger partial charge is 0.0898 e. The maximum Gasteiger partial charge on any atom is 0.0898 e. The summed E-state index contributed by atoms with van der Waals surface area (Å²) in [5.41, 5.74) is 1.06. The van der Waals surface area contributed by atoms with Crippen LogP contribution in [-0.2, 0) is 0 Å². The first-order valence-corrected chi connectivity index (χ1v) is 6.20. The largest absolute Gasteiger partial charge is 0.273 e. The van der Waals surface area contributed by atoms with Gasteiger partial charge in [0.15, 0.2) is 0 Å². The summed E-state index contributed by atoms with van der Waals surface area (Å²) in [6, 6.07) is 12.6. The molecule has 0 radical (unpaired) electrons. The van der Waals surface area contributed by atoms with Gasteiger partial charge in [0.25, 0.3) is 0 Å². The summed E-state index contributed by atoms with van der Waals surface area (Å²) in [5.74, 6) is 0.847. The lowest BCUT2D eigenvalue weighted by Gasteiger charge is -1.93. The number of thioether (sulfide) groups is 1. The Morgan fingerprint density at radius 1 is 1.00 bits per heavy atom. The summed E-state index contributed by atoms with van der Waals surface area (Å²) in [6.45, 7) is 0. The van der Waals surface area contributed by atoms with Crippen molar-refractivity contribution in [2.45, 2.75) is 4.90 Å². The van der Waals surface area contributed by atoms with Crippen molar-refractivity contribution in [2.75, 3.05) is 5.88 Å². The molecule has 2 aliphatic heterocycles. The van der Waals surface area contributed by atoms with Gasteiger partial charge in [0.05, 0.1) is 22.3 Å². The third-order valence-corrected chi connectivity index (χ3v) is 3.86. The third kappa shape index (κ3) is 1.04. The van der Waals surface area contributed by atoms with E-state index in [1.54, 1.807) is 11.8 Å². The van der Waals surface area contributed by atoms with Gasteiger partial charge in [0, 0.05) is 15.3 Å². The molecule has 0 aromatic heterocycles. The highest BCUT2D eigenvalue weighted by molar-refractivity contribution is 7.99. The Morgan fingerprint density at radius 3 is 2.94 bits per heavy atom. The molecule has 0 aliphatic carbocycles. The highest BCUT2D eigenvalue weighted by Gasteiger charge is 2.10. The van der Waals surface area contributed by atoms with Crippen molar-refractivity contribution in [3.05, 3.63) is 57.5 Å². The summed E-state index contributed by atoms with van der Waals surface area (Å²) >= 11 is 1.80. The molecule has 0 bridgehead atoms. The second kappa shape index (κ2) is 2.95. The SMILES string of the molecule is c1ccc2c(c1)=Nc1cc3c(cc1=2)SCN=3. The number of benzene rings is 2. The second-order valence-corrected chi connectivity index (χ2v) is 4.88. The molecule has 0 N–H and O–H groups in total.